The summed E-state index contributed by atoms with van der Waals surface area (Å²) in [6.45, 7) is 2.63. The molecule has 1 aromatic carbocycles. The van der Waals surface area contributed by atoms with Crippen LogP contribution in [-0.2, 0) is 4.74 Å². The number of benzene rings is 1. The van der Waals surface area contributed by atoms with E-state index in [1.165, 1.54) is 12.8 Å². The van der Waals surface area contributed by atoms with Gasteiger partial charge in [0.15, 0.2) is 0 Å². The lowest BCUT2D eigenvalue weighted by Gasteiger charge is -2.26. The van der Waals surface area contributed by atoms with E-state index < -0.39 is 0 Å². The first-order valence-electron chi connectivity index (χ1n) is 7.47. The number of hydrogen-bond acceptors (Lipinski definition) is 3. The maximum absolute atomic E-state index is 12.3. The lowest BCUT2D eigenvalue weighted by molar-refractivity contribution is 0.0303. The Morgan fingerprint density at radius 2 is 1.75 bits per heavy atom. The molecule has 1 aliphatic carbocycles. The van der Waals surface area contributed by atoms with E-state index in [4.69, 9.17) is 9.47 Å². The topological polar surface area (TPSA) is 38.8 Å². The van der Waals surface area contributed by atoms with Crippen molar-refractivity contribution in [3.63, 3.8) is 0 Å². The minimum atomic E-state index is 0.0840. The van der Waals surface area contributed by atoms with Crippen molar-refractivity contribution >= 4 is 5.91 Å². The smallest absolute Gasteiger partial charge is 0.254 e. The first-order chi connectivity index (χ1) is 9.83. The van der Waals surface area contributed by atoms with Crippen molar-refractivity contribution in [2.75, 3.05) is 26.3 Å². The average molecular weight is 275 g/mol. The predicted octanol–water partition coefficient (Wildman–Crippen LogP) is 2.48. The summed E-state index contributed by atoms with van der Waals surface area (Å²) in [7, 11) is 0. The zero-order valence-corrected chi connectivity index (χ0v) is 11.7. The molecule has 0 spiro atoms. The van der Waals surface area contributed by atoms with Gasteiger partial charge in [-0.15, -0.1) is 0 Å². The molecule has 1 amide bonds. The molecule has 3 rings (SSSR count). The molecule has 0 atom stereocenters. The van der Waals surface area contributed by atoms with Crippen LogP contribution >= 0.6 is 0 Å². The van der Waals surface area contributed by atoms with Gasteiger partial charge in [-0.05, 0) is 49.9 Å². The van der Waals surface area contributed by atoms with Gasteiger partial charge in [-0.3, -0.25) is 4.79 Å². The van der Waals surface area contributed by atoms with Gasteiger partial charge in [-0.2, -0.15) is 0 Å². The highest BCUT2D eigenvalue weighted by Crippen LogP contribution is 2.24. The molecule has 0 unspecified atom stereocenters. The molecule has 1 saturated heterocycles. The lowest BCUT2D eigenvalue weighted by Crippen LogP contribution is -2.40. The summed E-state index contributed by atoms with van der Waals surface area (Å²) in [6, 6.07) is 7.54. The minimum Gasteiger partial charge on any atom is -0.490 e. The second-order valence-corrected chi connectivity index (χ2v) is 5.45. The van der Waals surface area contributed by atoms with Gasteiger partial charge in [0.25, 0.3) is 5.91 Å². The molecule has 108 valence electrons. The van der Waals surface area contributed by atoms with Crippen LogP contribution in [0.5, 0.6) is 5.75 Å². The Morgan fingerprint density at radius 1 is 1.10 bits per heavy atom. The van der Waals surface area contributed by atoms with E-state index in [1.54, 1.807) is 0 Å². The van der Waals surface area contributed by atoms with Gasteiger partial charge < -0.3 is 14.4 Å². The summed E-state index contributed by atoms with van der Waals surface area (Å²) in [4.78, 5) is 14.1. The highest BCUT2D eigenvalue weighted by atomic mass is 16.5. The third-order valence-electron chi connectivity index (χ3n) is 4.00. The van der Waals surface area contributed by atoms with E-state index >= 15 is 0 Å². The van der Waals surface area contributed by atoms with Gasteiger partial charge in [0, 0.05) is 18.7 Å². The second-order valence-electron chi connectivity index (χ2n) is 5.45. The number of amides is 1. The summed E-state index contributed by atoms with van der Waals surface area (Å²) < 4.78 is 11.2. The summed E-state index contributed by atoms with van der Waals surface area (Å²) in [5.74, 6) is 0.955. The molecule has 1 saturated carbocycles. The Balaban J connectivity index is 1.61. The normalized spacial score (nSPS) is 20.1. The van der Waals surface area contributed by atoms with E-state index in [0.717, 1.165) is 24.2 Å². The maximum Gasteiger partial charge on any atom is 0.254 e. The van der Waals surface area contributed by atoms with Gasteiger partial charge in [0.2, 0.25) is 0 Å². The zero-order chi connectivity index (χ0) is 13.8. The molecule has 20 heavy (non-hydrogen) atoms. The van der Waals surface area contributed by atoms with Crippen LogP contribution in [0.4, 0.5) is 0 Å². The lowest BCUT2D eigenvalue weighted by atomic mass is 10.2. The van der Waals surface area contributed by atoms with Crippen molar-refractivity contribution in [3.8, 4) is 5.75 Å². The molecular formula is C16H21NO3. The fraction of sp³-hybridized carbons (Fsp3) is 0.562. The number of hydrogen-bond donors (Lipinski definition) is 0. The van der Waals surface area contributed by atoms with Crippen molar-refractivity contribution in [1.82, 2.24) is 4.90 Å². The molecule has 2 aliphatic rings. The summed E-state index contributed by atoms with van der Waals surface area (Å²) >= 11 is 0. The first-order valence-corrected chi connectivity index (χ1v) is 7.47. The van der Waals surface area contributed by atoms with Crippen LogP contribution in [0.1, 0.15) is 36.0 Å². The maximum atomic E-state index is 12.3. The van der Waals surface area contributed by atoms with E-state index in [-0.39, 0.29) is 5.91 Å². The first kappa shape index (κ1) is 13.4. The van der Waals surface area contributed by atoms with Crippen LogP contribution in [0.15, 0.2) is 24.3 Å². The van der Waals surface area contributed by atoms with Crippen LogP contribution in [0.25, 0.3) is 0 Å². The molecule has 4 nitrogen and oxygen atoms in total. The molecule has 0 radical (unpaired) electrons. The van der Waals surface area contributed by atoms with Crippen LogP contribution in [0.3, 0.4) is 0 Å². The van der Waals surface area contributed by atoms with Crippen molar-refractivity contribution in [1.29, 1.82) is 0 Å². The van der Waals surface area contributed by atoms with E-state index in [1.807, 2.05) is 29.2 Å². The fourth-order valence-electron chi connectivity index (χ4n) is 2.82. The number of ether oxygens (including phenoxy) is 2. The molecular weight excluding hydrogens is 254 g/mol. The molecule has 2 fully saturated rings. The number of nitrogens with zero attached hydrogens (tertiary/aromatic N) is 1. The fourth-order valence-corrected chi connectivity index (χ4v) is 2.82. The van der Waals surface area contributed by atoms with E-state index in [9.17, 15) is 4.79 Å². The highest BCUT2D eigenvalue weighted by molar-refractivity contribution is 5.94. The highest BCUT2D eigenvalue weighted by Gasteiger charge is 2.19. The van der Waals surface area contributed by atoms with Crippen LogP contribution in [-0.4, -0.2) is 43.2 Å². The average Bonchev–Trinajstić information content (AvgIpc) is 3.01. The molecule has 4 heteroatoms. The number of carbonyl (C=O) groups is 1. The Labute approximate surface area is 119 Å². The van der Waals surface area contributed by atoms with Crippen molar-refractivity contribution < 1.29 is 14.3 Å². The largest absolute Gasteiger partial charge is 0.490 e. The Morgan fingerprint density at radius 3 is 2.40 bits per heavy atom. The van der Waals surface area contributed by atoms with Gasteiger partial charge in [0.1, 0.15) is 5.75 Å². The summed E-state index contributed by atoms with van der Waals surface area (Å²) in [5.41, 5.74) is 0.727. The summed E-state index contributed by atoms with van der Waals surface area (Å²) in [6.07, 6.45) is 5.18. The second kappa shape index (κ2) is 6.27. The monoisotopic (exact) mass is 275 g/mol. The Bertz CT molecular complexity index is 445. The Kier molecular flexibility index (Phi) is 4.21. The van der Waals surface area contributed by atoms with E-state index in [0.29, 0.717) is 32.4 Å². The number of carbonyl (C=O) groups excluding carboxylic acids is 1. The molecule has 0 bridgehead atoms. The standard InChI is InChI=1S/C16H21NO3/c18-16(17-9-11-19-12-10-17)13-5-7-15(8-6-13)20-14-3-1-2-4-14/h5-8,14H,1-4,9-12H2. The zero-order valence-electron chi connectivity index (χ0n) is 11.7. The van der Waals surface area contributed by atoms with Crippen LogP contribution in [0.2, 0.25) is 0 Å². The third-order valence-corrected chi connectivity index (χ3v) is 4.00. The molecule has 0 aromatic heterocycles. The van der Waals surface area contributed by atoms with Gasteiger partial charge >= 0.3 is 0 Å². The summed E-state index contributed by atoms with van der Waals surface area (Å²) in [5, 5.41) is 0. The van der Waals surface area contributed by atoms with E-state index in [2.05, 4.69) is 0 Å². The van der Waals surface area contributed by atoms with Crippen molar-refractivity contribution in [2.24, 2.45) is 0 Å². The van der Waals surface area contributed by atoms with Crippen LogP contribution in [0, 0.1) is 0 Å². The molecule has 1 aromatic rings. The predicted molar refractivity (Wildman–Crippen MR) is 76.0 cm³/mol. The Hall–Kier alpha value is -1.55. The SMILES string of the molecule is O=C(c1ccc(OC2CCCC2)cc1)N1CCOCC1. The van der Waals surface area contributed by atoms with Gasteiger partial charge in [0.05, 0.1) is 19.3 Å². The quantitative estimate of drug-likeness (QED) is 0.850. The van der Waals surface area contributed by atoms with Crippen molar-refractivity contribution in [3.05, 3.63) is 29.8 Å². The van der Waals surface area contributed by atoms with Crippen LogP contribution < -0.4 is 4.74 Å². The van der Waals surface area contributed by atoms with Gasteiger partial charge in [-0.25, -0.2) is 0 Å². The molecule has 1 aliphatic heterocycles. The molecule has 0 N–H and O–H groups in total. The third kappa shape index (κ3) is 3.12. The number of rotatable bonds is 3. The van der Waals surface area contributed by atoms with Gasteiger partial charge in [-0.1, -0.05) is 0 Å². The van der Waals surface area contributed by atoms with Crippen molar-refractivity contribution in [2.45, 2.75) is 31.8 Å². The minimum absolute atomic E-state index is 0.0840. The number of morpholine rings is 1. The molecule has 1 heterocycles.